The van der Waals surface area contributed by atoms with Gasteiger partial charge < -0.3 is 24.9 Å². The predicted octanol–water partition coefficient (Wildman–Crippen LogP) is 3.59. The molecule has 0 bridgehead atoms. The lowest BCUT2D eigenvalue weighted by atomic mass is 10.2. The fraction of sp³-hybridized carbons (Fsp3) is 0.263. The molecule has 0 aliphatic carbocycles. The number of rotatable bonds is 8. The first-order valence-corrected chi connectivity index (χ1v) is 9.52. The van der Waals surface area contributed by atoms with E-state index in [0.717, 1.165) is 10.4 Å². The van der Waals surface area contributed by atoms with E-state index in [1.165, 1.54) is 0 Å². The van der Waals surface area contributed by atoms with Crippen molar-refractivity contribution in [3.8, 4) is 17.2 Å². The van der Waals surface area contributed by atoms with E-state index in [1.54, 1.807) is 37.2 Å². The van der Waals surface area contributed by atoms with Crippen molar-refractivity contribution in [3.63, 3.8) is 0 Å². The van der Waals surface area contributed by atoms with Crippen LogP contribution in [0.5, 0.6) is 17.2 Å². The Hall–Kier alpha value is -2.71. The van der Waals surface area contributed by atoms with Crippen LogP contribution in [0.15, 0.2) is 41.6 Å². The third-order valence-electron chi connectivity index (χ3n) is 3.81. The van der Waals surface area contributed by atoms with Gasteiger partial charge in [-0.15, -0.1) is 11.8 Å². The fourth-order valence-electron chi connectivity index (χ4n) is 2.64. The molecule has 3 aromatic rings. The molecule has 0 fully saturated rings. The lowest BCUT2D eigenvalue weighted by molar-refractivity contribution is 0.0928. The van der Waals surface area contributed by atoms with E-state index in [0.29, 0.717) is 35.1 Å². The second kappa shape index (κ2) is 8.32. The molecular weight excluding hydrogens is 366 g/mol. The number of aromatic nitrogens is 2. The Bertz CT molecular complexity index is 940. The number of H-pyrrole nitrogens is 1. The van der Waals surface area contributed by atoms with Crippen molar-refractivity contribution in [2.24, 2.45) is 5.73 Å². The molecule has 0 aliphatic rings. The highest BCUT2D eigenvalue weighted by Crippen LogP contribution is 2.34. The Morgan fingerprint density at radius 3 is 2.74 bits per heavy atom. The molecule has 0 radical (unpaired) electrons. The first-order valence-electron chi connectivity index (χ1n) is 8.30. The van der Waals surface area contributed by atoms with Crippen molar-refractivity contribution < 1.29 is 19.0 Å². The average molecular weight is 387 g/mol. The van der Waals surface area contributed by atoms with Gasteiger partial charge >= 0.3 is 0 Å². The number of nitrogens with one attached hydrogen (secondary N) is 1. The normalized spacial score (nSPS) is 12.1. The van der Waals surface area contributed by atoms with Gasteiger partial charge in [-0.25, -0.2) is 4.98 Å². The summed E-state index contributed by atoms with van der Waals surface area (Å²) in [5.74, 6) is 1.18. The van der Waals surface area contributed by atoms with Crippen LogP contribution in [0.1, 0.15) is 17.4 Å². The number of nitrogens with zero attached hydrogens (tertiary/aromatic N) is 1. The molecule has 2 heterocycles. The number of fused-ring (bicyclic) bond motifs is 1. The lowest BCUT2D eigenvalue weighted by Gasteiger charge is -2.16. The summed E-state index contributed by atoms with van der Waals surface area (Å²) in [5.41, 5.74) is 6.37. The van der Waals surface area contributed by atoms with Crippen molar-refractivity contribution in [1.82, 2.24) is 9.97 Å². The second-order valence-electron chi connectivity index (χ2n) is 5.96. The summed E-state index contributed by atoms with van der Waals surface area (Å²) >= 11 is 1.56. The number of aromatic amines is 1. The molecule has 0 saturated heterocycles. The van der Waals surface area contributed by atoms with Crippen LogP contribution in [-0.2, 0) is 4.74 Å². The number of carbonyl (C=O) groups excluding carboxylic acids is 1. The number of thioether (sulfide) groups is 1. The summed E-state index contributed by atoms with van der Waals surface area (Å²) < 4.78 is 17.0. The number of methoxy groups -OCH3 is 1. The third-order valence-corrected chi connectivity index (χ3v) is 4.47. The number of primary amides is 1. The fourth-order valence-corrected chi connectivity index (χ4v) is 3.00. The van der Waals surface area contributed by atoms with Gasteiger partial charge in [-0.05, 0) is 37.4 Å². The van der Waals surface area contributed by atoms with Crippen molar-refractivity contribution in [2.45, 2.75) is 18.1 Å². The minimum absolute atomic E-state index is 0.184. The van der Waals surface area contributed by atoms with Gasteiger partial charge in [-0.2, -0.15) is 0 Å². The van der Waals surface area contributed by atoms with E-state index in [1.807, 2.05) is 31.4 Å². The van der Waals surface area contributed by atoms with Crippen LogP contribution in [0.25, 0.3) is 10.9 Å². The van der Waals surface area contributed by atoms with Gasteiger partial charge in [-0.3, -0.25) is 4.79 Å². The number of amides is 1. The maximum Gasteiger partial charge on any atom is 0.265 e. The highest BCUT2D eigenvalue weighted by Gasteiger charge is 2.15. The topological polar surface area (TPSA) is 99.5 Å². The Kier molecular flexibility index (Phi) is 5.88. The zero-order chi connectivity index (χ0) is 19.4. The molecule has 3 rings (SSSR count). The van der Waals surface area contributed by atoms with Crippen LogP contribution in [0, 0.1) is 0 Å². The van der Waals surface area contributed by atoms with Crippen molar-refractivity contribution in [1.29, 1.82) is 0 Å². The molecule has 1 amide bonds. The SMILES string of the molecule is COCC(C)Oc1cc(Oc2ccc(SC)nc2)cc2cc(C(N)=O)[nH]c12. The van der Waals surface area contributed by atoms with Crippen molar-refractivity contribution in [3.05, 3.63) is 42.2 Å². The Labute approximate surface area is 161 Å². The number of carbonyl (C=O) groups is 1. The van der Waals surface area contributed by atoms with Gasteiger partial charge in [0.2, 0.25) is 0 Å². The van der Waals surface area contributed by atoms with E-state index in [9.17, 15) is 4.79 Å². The molecule has 0 spiro atoms. The summed E-state index contributed by atoms with van der Waals surface area (Å²) in [6.45, 7) is 2.32. The molecule has 1 unspecified atom stereocenters. The third kappa shape index (κ3) is 4.53. The molecule has 7 nitrogen and oxygen atoms in total. The number of pyridine rings is 1. The van der Waals surface area contributed by atoms with Gasteiger partial charge in [0, 0.05) is 18.6 Å². The Morgan fingerprint density at radius 2 is 2.11 bits per heavy atom. The van der Waals surface area contributed by atoms with Gasteiger partial charge in [-0.1, -0.05) is 0 Å². The second-order valence-corrected chi connectivity index (χ2v) is 6.78. The molecular formula is C19H21N3O4S. The minimum atomic E-state index is -0.540. The van der Waals surface area contributed by atoms with Crippen molar-refractivity contribution in [2.75, 3.05) is 20.0 Å². The number of benzene rings is 1. The van der Waals surface area contributed by atoms with E-state index in [2.05, 4.69) is 9.97 Å². The van der Waals surface area contributed by atoms with Gasteiger partial charge in [0.25, 0.3) is 5.91 Å². The standard InChI is InChI=1S/C19H21N3O4S/c1-11(10-24-2)25-16-8-14(26-13-4-5-17(27-3)21-9-13)6-12-7-15(19(20)23)22-18(12)16/h4-9,11,22H,10H2,1-3H3,(H2,20,23). The van der Waals surface area contributed by atoms with Crippen LogP contribution in [0.3, 0.4) is 0 Å². The summed E-state index contributed by atoms with van der Waals surface area (Å²) in [6.07, 6.45) is 3.44. The predicted molar refractivity (Wildman–Crippen MR) is 105 cm³/mol. The molecule has 27 heavy (non-hydrogen) atoms. The smallest absolute Gasteiger partial charge is 0.265 e. The molecule has 0 saturated carbocycles. The minimum Gasteiger partial charge on any atom is -0.486 e. The van der Waals surface area contributed by atoms with E-state index in [-0.39, 0.29) is 6.10 Å². The first-order chi connectivity index (χ1) is 13.0. The summed E-state index contributed by atoms with van der Waals surface area (Å²) in [4.78, 5) is 18.8. The molecule has 1 atom stereocenters. The van der Waals surface area contributed by atoms with Crippen LogP contribution in [-0.4, -0.2) is 42.0 Å². The largest absolute Gasteiger partial charge is 0.486 e. The molecule has 1 aromatic carbocycles. The quantitative estimate of drug-likeness (QED) is 0.573. The zero-order valence-electron chi connectivity index (χ0n) is 15.3. The molecule has 0 aliphatic heterocycles. The van der Waals surface area contributed by atoms with Crippen LogP contribution in [0.2, 0.25) is 0 Å². The molecule has 3 N–H and O–H groups in total. The number of hydrogen-bond donors (Lipinski definition) is 2. The van der Waals surface area contributed by atoms with Crippen LogP contribution < -0.4 is 15.2 Å². The zero-order valence-corrected chi connectivity index (χ0v) is 16.1. The summed E-state index contributed by atoms with van der Waals surface area (Å²) in [6, 6.07) is 8.99. The van der Waals surface area contributed by atoms with Crippen LogP contribution in [0.4, 0.5) is 0 Å². The van der Waals surface area contributed by atoms with Gasteiger partial charge in [0.15, 0.2) is 0 Å². The number of hydrogen-bond acceptors (Lipinski definition) is 6. The highest BCUT2D eigenvalue weighted by molar-refractivity contribution is 7.98. The lowest BCUT2D eigenvalue weighted by Crippen LogP contribution is -2.18. The Balaban J connectivity index is 1.97. The molecule has 142 valence electrons. The average Bonchev–Trinajstić information content (AvgIpc) is 3.07. The Morgan fingerprint density at radius 1 is 1.30 bits per heavy atom. The number of ether oxygens (including phenoxy) is 3. The number of nitrogens with two attached hydrogens (primary N) is 1. The monoisotopic (exact) mass is 387 g/mol. The van der Waals surface area contributed by atoms with Crippen LogP contribution >= 0.6 is 11.8 Å². The van der Waals surface area contributed by atoms with E-state index < -0.39 is 5.91 Å². The van der Waals surface area contributed by atoms with Gasteiger partial charge in [0.1, 0.15) is 29.0 Å². The highest BCUT2D eigenvalue weighted by atomic mass is 32.2. The van der Waals surface area contributed by atoms with E-state index >= 15 is 0 Å². The maximum absolute atomic E-state index is 11.5. The van der Waals surface area contributed by atoms with Crippen molar-refractivity contribution >= 4 is 28.6 Å². The summed E-state index contributed by atoms with van der Waals surface area (Å²) in [7, 11) is 1.61. The molecule has 8 heteroatoms. The maximum atomic E-state index is 11.5. The van der Waals surface area contributed by atoms with Gasteiger partial charge in [0.05, 0.1) is 23.3 Å². The van der Waals surface area contributed by atoms with E-state index in [4.69, 9.17) is 19.9 Å². The molecule has 2 aromatic heterocycles. The summed E-state index contributed by atoms with van der Waals surface area (Å²) in [5, 5.41) is 1.67. The first kappa shape index (κ1) is 19.1.